The molecule has 4 heteroatoms. The number of aliphatic carboxylic acids is 1. The van der Waals surface area contributed by atoms with E-state index >= 15 is 0 Å². The number of phenols is 1. The van der Waals surface area contributed by atoms with E-state index in [1.165, 1.54) is 0 Å². The fourth-order valence-electron chi connectivity index (χ4n) is 0.985. The summed E-state index contributed by atoms with van der Waals surface area (Å²) in [6.45, 7) is 2.96. The first-order valence-electron chi connectivity index (χ1n) is 5.78. The number of methoxy groups -OCH3 is 1. The highest BCUT2D eigenvalue weighted by Crippen LogP contribution is 2.05. The molecule has 4 nitrogen and oxygen atoms in total. The number of benzene rings is 2. The van der Waals surface area contributed by atoms with Gasteiger partial charge in [0.1, 0.15) is 11.5 Å². The molecule has 0 aliphatic carbocycles. The smallest absolute Gasteiger partial charge is 0.327 e. The van der Waals surface area contributed by atoms with Gasteiger partial charge < -0.3 is 14.9 Å². The van der Waals surface area contributed by atoms with Crippen molar-refractivity contribution in [3.05, 3.63) is 73.3 Å². The Kier molecular flexibility index (Phi) is 9.79. The summed E-state index contributed by atoms with van der Waals surface area (Å²) in [6.07, 6.45) is 0.833. The van der Waals surface area contributed by atoms with Crippen molar-refractivity contribution in [2.24, 2.45) is 0 Å². The molecule has 0 atom stereocenters. The Bertz CT molecular complexity index is 480. The molecule has 0 radical (unpaired) electrons. The van der Waals surface area contributed by atoms with E-state index in [-0.39, 0.29) is 0 Å². The minimum atomic E-state index is -0.981. The van der Waals surface area contributed by atoms with Crippen molar-refractivity contribution in [1.82, 2.24) is 0 Å². The molecule has 2 aromatic carbocycles. The number of phenolic OH excluding ortho intramolecular Hbond substituents is 1. The zero-order chi connectivity index (χ0) is 15.2. The second-order valence-electron chi connectivity index (χ2n) is 3.40. The average molecular weight is 274 g/mol. The number of ether oxygens (including phenoxy) is 1. The van der Waals surface area contributed by atoms with Gasteiger partial charge in [-0.05, 0) is 24.3 Å². The molecule has 0 amide bonds. The minimum absolute atomic E-state index is 0.322. The van der Waals surface area contributed by atoms with Gasteiger partial charge in [0.25, 0.3) is 0 Å². The molecule has 2 rings (SSSR count). The lowest BCUT2D eigenvalue weighted by atomic mass is 10.3. The molecule has 0 spiro atoms. The molecular formula is C16H18O4. The van der Waals surface area contributed by atoms with Gasteiger partial charge in [-0.3, -0.25) is 0 Å². The Morgan fingerprint density at radius 3 is 1.65 bits per heavy atom. The van der Waals surface area contributed by atoms with Gasteiger partial charge in [0.05, 0.1) is 7.11 Å². The Balaban J connectivity index is 0.000000280. The Hall–Kier alpha value is -2.75. The zero-order valence-corrected chi connectivity index (χ0v) is 11.3. The normalized spacial score (nSPS) is 8.05. The van der Waals surface area contributed by atoms with Crippen LogP contribution in [0.2, 0.25) is 0 Å². The summed E-state index contributed by atoms with van der Waals surface area (Å²) in [5.41, 5.74) is 0. The lowest BCUT2D eigenvalue weighted by Gasteiger charge is -1.93. The van der Waals surface area contributed by atoms with Gasteiger partial charge in [0.15, 0.2) is 0 Å². The Morgan fingerprint density at radius 1 is 1.05 bits per heavy atom. The van der Waals surface area contributed by atoms with Gasteiger partial charge >= 0.3 is 5.97 Å². The van der Waals surface area contributed by atoms with Crippen LogP contribution in [0.3, 0.4) is 0 Å². The van der Waals surface area contributed by atoms with E-state index in [0.29, 0.717) is 5.75 Å². The topological polar surface area (TPSA) is 66.8 Å². The fraction of sp³-hybridized carbons (Fsp3) is 0.0625. The summed E-state index contributed by atoms with van der Waals surface area (Å²) in [5.74, 6) is 0.250. The zero-order valence-electron chi connectivity index (χ0n) is 11.3. The number of para-hydroxylation sites is 2. The van der Waals surface area contributed by atoms with Crippen molar-refractivity contribution in [2.45, 2.75) is 0 Å². The summed E-state index contributed by atoms with van der Waals surface area (Å²) in [5, 5.41) is 16.2. The first-order chi connectivity index (χ1) is 9.60. The first kappa shape index (κ1) is 17.2. The van der Waals surface area contributed by atoms with E-state index in [4.69, 9.17) is 14.9 Å². The molecule has 0 aromatic heterocycles. The van der Waals surface area contributed by atoms with Gasteiger partial charge in [0.2, 0.25) is 0 Å². The van der Waals surface area contributed by atoms with E-state index in [9.17, 15) is 4.79 Å². The number of hydrogen-bond acceptors (Lipinski definition) is 3. The van der Waals surface area contributed by atoms with Gasteiger partial charge in [-0.25, -0.2) is 4.79 Å². The number of carboxylic acid groups (broad SMARTS) is 1. The number of rotatable bonds is 2. The molecule has 2 aromatic rings. The van der Waals surface area contributed by atoms with Crippen LogP contribution < -0.4 is 4.74 Å². The summed E-state index contributed by atoms with van der Waals surface area (Å²) in [7, 11) is 1.66. The summed E-state index contributed by atoms with van der Waals surface area (Å²) in [6, 6.07) is 18.4. The van der Waals surface area contributed by atoms with Crippen molar-refractivity contribution in [1.29, 1.82) is 0 Å². The van der Waals surface area contributed by atoms with E-state index in [1.807, 2.05) is 36.4 Å². The van der Waals surface area contributed by atoms with Crippen LogP contribution in [0.1, 0.15) is 0 Å². The highest BCUT2D eigenvalue weighted by Gasteiger charge is 1.80. The molecule has 0 saturated heterocycles. The van der Waals surface area contributed by atoms with E-state index in [1.54, 1.807) is 31.4 Å². The van der Waals surface area contributed by atoms with Crippen molar-refractivity contribution in [2.75, 3.05) is 7.11 Å². The largest absolute Gasteiger partial charge is 0.508 e. The molecule has 0 aliphatic rings. The van der Waals surface area contributed by atoms with Crippen molar-refractivity contribution in [3.63, 3.8) is 0 Å². The standard InChI is InChI=1S/C7H8O.C6H6O.C3H4O2/c1-8-7-5-3-2-4-6-7;7-6-4-2-1-3-5-6;1-2-3(4)5/h2-6H,1H3;1-5,7H;2H,1H2,(H,4,5). The predicted molar refractivity (Wildman–Crippen MR) is 78.9 cm³/mol. The molecule has 20 heavy (non-hydrogen) atoms. The van der Waals surface area contributed by atoms with Gasteiger partial charge in [-0.1, -0.05) is 43.0 Å². The summed E-state index contributed by atoms with van der Waals surface area (Å²) >= 11 is 0. The highest BCUT2D eigenvalue weighted by atomic mass is 16.5. The maximum absolute atomic E-state index is 9.25. The number of hydrogen-bond donors (Lipinski definition) is 2. The molecule has 106 valence electrons. The van der Waals surface area contributed by atoms with Crippen LogP contribution in [0.4, 0.5) is 0 Å². The average Bonchev–Trinajstić information content (AvgIpc) is 2.50. The quantitative estimate of drug-likeness (QED) is 0.824. The van der Waals surface area contributed by atoms with Crippen LogP contribution in [0.25, 0.3) is 0 Å². The molecule has 0 fully saturated rings. The second kappa shape index (κ2) is 11.3. The SMILES string of the molecule is C=CC(=O)O.COc1ccccc1.Oc1ccccc1. The second-order valence-corrected chi connectivity index (χ2v) is 3.40. The van der Waals surface area contributed by atoms with Crippen LogP contribution in [0.5, 0.6) is 11.5 Å². The van der Waals surface area contributed by atoms with Crippen LogP contribution in [0.15, 0.2) is 73.3 Å². The van der Waals surface area contributed by atoms with Gasteiger partial charge in [-0.15, -0.1) is 0 Å². The van der Waals surface area contributed by atoms with Crippen LogP contribution in [-0.4, -0.2) is 23.3 Å². The molecule has 0 unspecified atom stereocenters. The fourth-order valence-corrected chi connectivity index (χ4v) is 0.985. The van der Waals surface area contributed by atoms with Crippen LogP contribution in [0, 0.1) is 0 Å². The number of carboxylic acids is 1. The molecule has 0 heterocycles. The molecule has 2 N–H and O–H groups in total. The first-order valence-corrected chi connectivity index (χ1v) is 5.78. The van der Waals surface area contributed by atoms with Crippen molar-refractivity contribution >= 4 is 5.97 Å². The maximum Gasteiger partial charge on any atom is 0.327 e. The lowest BCUT2D eigenvalue weighted by molar-refractivity contribution is -0.131. The summed E-state index contributed by atoms with van der Waals surface area (Å²) in [4.78, 5) is 9.25. The molecule has 0 aliphatic heterocycles. The van der Waals surface area contributed by atoms with Gasteiger partial charge in [0, 0.05) is 6.08 Å². The number of aromatic hydroxyl groups is 1. The van der Waals surface area contributed by atoms with Crippen molar-refractivity contribution < 1.29 is 19.7 Å². The van der Waals surface area contributed by atoms with Gasteiger partial charge in [-0.2, -0.15) is 0 Å². The number of carbonyl (C=O) groups is 1. The third kappa shape index (κ3) is 10.4. The third-order valence-electron chi connectivity index (χ3n) is 1.91. The van der Waals surface area contributed by atoms with E-state index in [0.717, 1.165) is 11.8 Å². The maximum atomic E-state index is 9.25. The molecule has 0 bridgehead atoms. The van der Waals surface area contributed by atoms with Crippen molar-refractivity contribution in [3.8, 4) is 11.5 Å². The van der Waals surface area contributed by atoms with Crippen LogP contribution in [-0.2, 0) is 4.79 Å². The Labute approximate surface area is 118 Å². The predicted octanol–water partition coefficient (Wildman–Crippen LogP) is 3.34. The highest BCUT2D eigenvalue weighted by molar-refractivity contribution is 5.78. The van der Waals surface area contributed by atoms with E-state index < -0.39 is 5.97 Å². The van der Waals surface area contributed by atoms with E-state index in [2.05, 4.69) is 6.58 Å². The molecule has 0 saturated carbocycles. The lowest BCUT2D eigenvalue weighted by Crippen LogP contribution is -1.82. The monoisotopic (exact) mass is 274 g/mol. The Morgan fingerprint density at radius 2 is 1.45 bits per heavy atom. The summed E-state index contributed by atoms with van der Waals surface area (Å²) < 4.78 is 4.91. The minimum Gasteiger partial charge on any atom is -0.508 e. The molecular weight excluding hydrogens is 256 g/mol. The van der Waals surface area contributed by atoms with Crippen LogP contribution >= 0.6 is 0 Å². The third-order valence-corrected chi connectivity index (χ3v) is 1.91.